The zero-order valence-electron chi connectivity index (χ0n) is 18.1. The number of para-hydroxylation sites is 1. The molecule has 8 heteroatoms. The molecule has 0 saturated carbocycles. The van der Waals surface area contributed by atoms with Gasteiger partial charge in [-0.05, 0) is 43.7 Å². The van der Waals surface area contributed by atoms with Gasteiger partial charge in [-0.15, -0.1) is 0 Å². The van der Waals surface area contributed by atoms with Crippen molar-refractivity contribution in [3.05, 3.63) is 71.4 Å². The summed E-state index contributed by atoms with van der Waals surface area (Å²) in [6, 6.07) is 17.0. The lowest BCUT2D eigenvalue weighted by molar-refractivity contribution is 0.132. The summed E-state index contributed by atoms with van der Waals surface area (Å²) in [6.45, 7) is 4.58. The van der Waals surface area contributed by atoms with Crippen molar-refractivity contribution >= 4 is 18.0 Å². The molecule has 0 aliphatic heterocycles. The first kappa shape index (κ1) is 21.9. The molecule has 0 radical (unpaired) electrons. The van der Waals surface area contributed by atoms with Crippen LogP contribution in [0, 0.1) is 6.92 Å². The highest BCUT2D eigenvalue weighted by Gasteiger charge is 2.15. The smallest absolute Gasteiger partial charge is 0.413 e. The Balaban J connectivity index is 1.63. The fourth-order valence-corrected chi connectivity index (χ4v) is 3.02. The molecule has 1 amide bonds. The van der Waals surface area contributed by atoms with Crippen LogP contribution < -0.4 is 9.64 Å². The normalized spacial score (nSPS) is 10.8. The number of ether oxygens (including phenoxy) is 2. The van der Waals surface area contributed by atoms with Crippen LogP contribution in [0.5, 0.6) is 11.6 Å². The van der Waals surface area contributed by atoms with E-state index >= 15 is 0 Å². The lowest BCUT2D eigenvalue weighted by Gasteiger charge is -2.19. The summed E-state index contributed by atoms with van der Waals surface area (Å²) in [5.41, 5.74) is 3.21. The number of anilines is 1. The van der Waals surface area contributed by atoms with Crippen molar-refractivity contribution in [2.24, 2.45) is 12.2 Å². The molecule has 0 aliphatic rings. The van der Waals surface area contributed by atoms with Gasteiger partial charge in [0, 0.05) is 19.3 Å². The van der Waals surface area contributed by atoms with Crippen LogP contribution in [0.25, 0.3) is 0 Å². The van der Waals surface area contributed by atoms with Gasteiger partial charge in [0.1, 0.15) is 12.4 Å². The SMILES string of the molecule is CCN(C(=O)OC)c1ccc(CON=Cc2c(C)nn(C)c2Oc2ccccc2)cc1. The van der Waals surface area contributed by atoms with Crippen LogP contribution in [0.3, 0.4) is 0 Å². The molecule has 0 spiro atoms. The number of aryl methyl sites for hydroxylation is 2. The maximum absolute atomic E-state index is 11.8. The highest BCUT2D eigenvalue weighted by molar-refractivity contribution is 5.87. The quantitative estimate of drug-likeness (QED) is 0.390. The van der Waals surface area contributed by atoms with Crippen molar-refractivity contribution in [1.82, 2.24) is 9.78 Å². The second kappa shape index (κ2) is 10.3. The van der Waals surface area contributed by atoms with Gasteiger partial charge in [-0.2, -0.15) is 5.10 Å². The van der Waals surface area contributed by atoms with Crippen molar-refractivity contribution in [3.8, 4) is 11.6 Å². The molecule has 3 rings (SSSR count). The zero-order chi connectivity index (χ0) is 22.2. The van der Waals surface area contributed by atoms with Gasteiger partial charge >= 0.3 is 6.09 Å². The Hall–Kier alpha value is -3.81. The molecule has 162 valence electrons. The molecule has 1 heterocycles. The number of aromatic nitrogens is 2. The Bertz CT molecular complexity index is 1030. The van der Waals surface area contributed by atoms with E-state index in [1.54, 1.807) is 15.8 Å². The van der Waals surface area contributed by atoms with Gasteiger partial charge in [0.05, 0.1) is 24.6 Å². The highest BCUT2D eigenvalue weighted by atomic mass is 16.6. The van der Waals surface area contributed by atoms with Crippen molar-refractivity contribution < 1.29 is 19.1 Å². The van der Waals surface area contributed by atoms with Crippen molar-refractivity contribution in [1.29, 1.82) is 0 Å². The van der Waals surface area contributed by atoms with Gasteiger partial charge in [0.2, 0.25) is 5.88 Å². The summed E-state index contributed by atoms with van der Waals surface area (Å²) in [7, 11) is 3.18. The van der Waals surface area contributed by atoms with Crippen molar-refractivity contribution in [2.45, 2.75) is 20.5 Å². The zero-order valence-corrected chi connectivity index (χ0v) is 18.1. The Morgan fingerprint density at radius 2 is 1.87 bits per heavy atom. The first-order valence-corrected chi connectivity index (χ1v) is 9.89. The summed E-state index contributed by atoms with van der Waals surface area (Å²) in [4.78, 5) is 18.8. The van der Waals surface area contributed by atoms with E-state index in [1.807, 2.05) is 75.5 Å². The fourth-order valence-electron chi connectivity index (χ4n) is 3.02. The molecule has 0 fully saturated rings. The van der Waals surface area contributed by atoms with Crippen LogP contribution >= 0.6 is 0 Å². The van der Waals surface area contributed by atoms with E-state index in [0.717, 1.165) is 22.5 Å². The minimum Gasteiger partial charge on any atom is -0.452 e. The number of rotatable bonds is 8. The van der Waals surface area contributed by atoms with Crippen molar-refractivity contribution in [2.75, 3.05) is 18.6 Å². The number of oxime groups is 1. The molecule has 0 saturated heterocycles. The van der Waals surface area contributed by atoms with E-state index in [-0.39, 0.29) is 6.61 Å². The Labute approximate surface area is 181 Å². The summed E-state index contributed by atoms with van der Waals surface area (Å²) in [5, 5.41) is 8.49. The van der Waals surface area contributed by atoms with Crippen LogP contribution in [0.4, 0.5) is 10.5 Å². The third kappa shape index (κ3) is 5.42. The van der Waals surface area contributed by atoms with Crippen LogP contribution in [0.2, 0.25) is 0 Å². The number of benzene rings is 2. The van der Waals surface area contributed by atoms with Gasteiger partial charge in [0.15, 0.2) is 0 Å². The van der Waals surface area contributed by atoms with Gasteiger partial charge in [-0.1, -0.05) is 35.5 Å². The number of hydrogen-bond donors (Lipinski definition) is 0. The van der Waals surface area contributed by atoms with Gasteiger partial charge in [0.25, 0.3) is 0 Å². The predicted octanol–water partition coefficient (Wildman–Crippen LogP) is 4.66. The second-order valence-corrected chi connectivity index (χ2v) is 6.73. The molecule has 0 bridgehead atoms. The number of hydrogen-bond acceptors (Lipinski definition) is 6. The molecule has 0 unspecified atom stereocenters. The number of carbonyl (C=O) groups is 1. The van der Waals surface area contributed by atoms with E-state index in [2.05, 4.69) is 10.3 Å². The Kier molecular flexibility index (Phi) is 7.26. The highest BCUT2D eigenvalue weighted by Crippen LogP contribution is 2.25. The summed E-state index contributed by atoms with van der Waals surface area (Å²) in [5.74, 6) is 1.30. The number of amides is 1. The lowest BCUT2D eigenvalue weighted by Crippen LogP contribution is -2.30. The predicted molar refractivity (Wildman–Crippen MR) is 119 cm³/mol. The average Bonchev–Trinajstić information content (AvgIpc) is 3.05. The van der Waals surface area contributed by atoms with E-state index < -0.39 is 6.09 Å². The number of nitrogens with zero attached hydrogens (tertiary/aromatic N) is 4. The Morgan fingerprint density at radius 1 is 1.16 bits per heavy atom. The minimum atomic E-state index is -0.392. The van der Waals surface area contributed by atoms with Crippen molar-refractivity contribution in [3.63, 3.8) is 0 Å². The summed E-state index contributed by atoms with van der Waals surface area (Å²) < 4.78 is 12.4. The summed E-state index contributed by atoms with van der Waals surface area (Å²) >= 11 is 0. The topological polar surface area (TPSA) is 78.2 Å². The van der Waals surface area contributed by atoms with E-state index in [9.17, 15) is 4.79 Å². The molecule has 31 heavy (non-hydrogen) atoms. The standard InChI is InChI=1S/C23H26N4O4/c1-5-27(23(28)29-4)19-13-11-18(12-14-19)16-30-24-15-21-17(2)25-26(3)22(21)31-20-9-7-6-8-10-20/h6-15H,5,16H2,1-4H3. The van der Waals surface area contributed by atoms with Gasteiger partial charge in [-0.25, -0.2) is 9.48 Å². The van der Waals surface area contributed by atoms with Crippen LogP contribution in [-0.4, -0.2) is 35.7 Å². The molecule has 0 aliphatic carbocycles. The molecule has 0 N–H and O–H groups in total. The molecule has 3 aromatic rings. The third-order valence-electron chi connectivity index (χ3n) is 4.62. The first-order chi connectivity index (χ1) is 15.0. The molecular weight excluding hydrogens is 396 g/mol. The van der Waals surface area contributed by atoms with Crippen LogP contribution in [0.1, 0.15) is 23.7 Å². The molecular formula is C23H26N4O4. The maximum Gasteiger partial charge on any atom is 0.413 e. The van der Waals surface area contributed by atoms with E-state index in [0.29, 0.717) is 18.2 Å². The van der Waals surface area contributed by atoms with Gasteiger partial charge < -0.3 is 14.3 Å². The molecule has 8 nitrogen and oxygen atoms in total. The molecule has 0 atom stereocenters. The lowest BCUT2D eigenvalue weighted by atomic mass is 10.2. The van der Waals surface area contributed by atoms with Crippen LogP contribution in [0.15, 0.2) is 59.8 Å². The maximum atomic E-state index is 11.8. The van der Waals surface area contributed by atoms with E-state index in [4.69, 9.17) is 14.3 Å². The largest absolute Gasteiger partial charge is 0.452 e. The fraction of sp³-hybridized carbons (Fsp3) is 0.261. The third-order valence-corrected chi connectivity index (χ3v) is 4.62. The molecule has 1 aromatic heterocycles. The van der Waals surface area contributed by atoms with Gasteiger partial charge in [-0.3, -0.25) is 4.90 Å². The Morgan fingerprint density at radius 3 is 2.52 bits per heavy atom. The second-order valence-electron chi connectivity index (χ2n) is 6.73. The summed E-state index contributed by atoms with van der Waals surface area (Å²) in [6.07, 6.45) is 1.21. The first-order valence-electron chi connectivity index (χ1n) is 9.89. The average molecular weight is 422 g/mol. The van der Waals surface area contributed by atoms with Crippen LogP contribution in [-0.2, 0) is 23.2 Å². The number of methoxy groups -OCH3 is 1. The minimum absolute atomic E-state index is 0.287. The number of carbonyl (C=O) groups excluding carboxylic acids is 1. The van der Waals surface area contributed by atoms with E-state index in [1.165, 1.54) is 7.11 Å². The monoisotopic (exact) mass is 422 g/mol. The molecule has 2 aromatic carbocycles.